The van der Waals surface area contributed by atoms with Crippen LogP contribution in [0.4, 0.5) is 13.2 Å². The first-order chi connectivity index (χ1) is 15.8. The summed E-state index contributed by atoms with van der Waals surface area (Å²) in [6.45, 7) is 2.15. The number of carbonyl (C=O) groups excluding carboxylic acids is 1. The molecule has 0 bridgehead atoms. The van der Waals surface area contributed by atoms with Gasteiger partial charge in [-0.3, -0.25) is 9.69 Å². The summed E-state index contributed by atoms with van der Waals surface area (Å²) in [4.78, 5) is 17.5. The SMILES string of the molecule is Cl.Cn1nnc2c(C#N)nc(-c3ccc(OCCCN4CCNC(=O)C4)c(C(F)(F)F)c3)cc21. The standard InChI is InChI=1S/C21H20F3N7O2.ClH/c1-30-17-10-15(27-16(11-25)20(17)28-29-30)13-3-4-18(14(9-13)21(22,23)24)33-8-2-6-31-7-5-26-19(32)12-31;/h3-4,9-10H,2,5-8,12H2,1H3,(H,26,32);1H. The summed E-state index contributed by atoms with van der Waals surface area (Å²) < 4.78 is 48.2. The summed E-state index contributed by atoms with van der Waals surface area (Å²) in [6, 6.07) is 7.14. The Hall–Kier alpha value is -3.43. The number of aromatic nitrogens is 4. The quantitative estimate of drug-likeness (QED) is 0.523. The second kappa shape index (κ2) is 10.2. The van der Waals surface area contributed by atoms with Gasteiger partial charge in [-0.1, -0.05) is 5.21 Å². The summed E-state index contributed by atoms with van der Waals surface area (Å²) >= 11 is 0. The van der Waals surface area contributed by atoms with Crippen LogP contribution in [-0.4, -0.2) is 63.6 Å². The van der Waals surface area contributed by atoms with E-state index in [0.29, 0.717) is 31.6 Å². The molecule has 3 heterocycles. The van der Waals surface area contributed by atoms with Crippen LogP contribution in [0.5, 0.6) is 5.75 Å². The Morgan fingerprint density at radius 3 is 2.79 bits per heavy atom. The molecule has 0 saturated carbocycles. The van der Waals surface area contributed by atoms with Crippen LogP contribution in [0.1, 0.15) is 17.7 Å². The molecule has 1 N–H and O–H groups in total. The Labute approximate surface area is 198 Å². The number of nitrogens with zero attached hydrogens (tertiary/aromatic N) is 6. The van der Waals surface area contributed by atoms with Crippen molar-refractivity contribution in [2.45, 2.75) is 12.6 Å². The van der Waals surface area contributed by atoms with Crippen molar-refractivity contribution in [2.75, 3.05) is 32.8 Å². The molecule has 1 aliphatic heterocycles. The van der Waals surface area contributed by atoms with Crippen LogP contribution in [-0.2, 0) is 18.0 Å². The highest BCUT2D eigenvalue weighted by Crippen LogP contribution is 2.39. The van der Waals surface area contributed by atoms with E-state index in [1.165, 1.54) is 16.8 Å². The lowest BCUT2D eigenvalue weighted by Gasteiger charge is -2.26. The largest absolute Gasteiger partial charge is 0.493 e. The van der Waals surface area contributed by atoms with Crippen LogP contribution < -0.4 is 10.1 Å². The number of alkyl halides is 3. The molecule has 9 nitrogen and oxygen atoms in total. The number of nitriles is 1. The summed E-state index contributed by atoms with van der Waals surface area (Å²) in [5.41, 5.74) is 0.206. The highest BCUT2D eigenvalue weighted by atomic mass is 35.5. The Morgan fingerprint density at radius 2 is 2.09 bits per heavy atom. The van der Waals surface area contributed by atoms with Crippen molar-refractivity contribution in [3.63, 3.8) is 0 Å². The molecule has 3 aromatic rings. The molecule has 1 amide bonds. The first-order valence-electron chi connectivity index (χ1n) is 10.2. The number of hydrogen-bond donors (Lipinski definition) is 1. The number of piperazine rings is 1. The van der Waals surface area contributed by atoms with E-state index in [1.807, 2.05) is 11.0 Å². The maximum absolute atomic E-state index is 13.8. The molecule has 180 valence electrons. The van der Waals surface area contributed by atoms with Crippen molar-refractivity contribution in [1.82, 2.24) is 30.2 Å². The first-order valence-corrected chi connectivity index (χ1v) is 10.2. The molecule has 1 fully saturated rings. The van der Waals surface area contributed by atoms with Gasteiger partial charge < -0.3 is 10.1 Å². The van der Waals surface area contributed by atoms with Gasteiger partial charge in [-0.05, 0) is 30.7 Å². The third kappa shape index (κ3) is 5.37. The van der Waals surface area contributed by atoms with Crippen molar-refractivity contribution in [3.8, 4) is 23.1 Å². The van der Waals surface area contributed by atoms with E-state index < -0.39 is 11.7 Å². The third-order valence-electron chi connectivity index (χ3n) is 5.28. The fourth-order valence-corrected chi connectivity index (χ4v) is 3.65. The van der Waals surface area contributed by atoms with Crippen molar-refractivity contribution < 1.29 is 22.7 Å². The molecule has 0 aliphatic carbocycles. The smallest absolute Gasteiger partial charge is 0.419 e. The average molecular weight is 496 g/mol. The highest BCUT2D eigenvalue weighted by molar-refractivity contribution is 5.85. The van der Waals surface area contributed by atoms with Crippen molar-refractivity contribution in [1.29, 1.82) is 5.26 Å². The molecule has 2 aromatic heterocycles. The van der Waals surface area contributed by atoms with E-state index in [0.717, 1.165) is 6.07 Å². The minimum absolute atomic E-state index is 0. The van der Waals surface area contributed by atoms with Gasteiger partial charge in [-0.25, -0.2) is 9.67 Å². The maximum atomic E-state index is 13.8. The van der Waals surface area contributed by atoms with Gasteiger partial charge in [0, 0.05) is 32.2 Å². The molecule has 1 aliphatic rings. The van der Waals surface area contributed by atoms with Gasteiger partial charge in [0.2, 0.25) is 5.91 Å². The zero-order valence-electron chi connectivity index (χ0n) is 18.1. The van der Waals surface area contributed by atoms with Crippen LogP contribution in [0.25, 0.3) is 22.3 Å². The fourth-order valence-electron chi connectivity index (χ4n) is 3.65. The molecular formula is C21H21ClF3N7O2. The molecule has 1 saturated heterocycles. The molecule has 0 radical (unpaired) electrons. The Bertz CT molecular complexity index is 1240. The van der Waals surface area contributed by atoms with E-state index in [9.17, 15) is 23.2 Å². The number of carbonyl (C=O) groups is 1. The molecule has 34 heavy (non-hydrogen) atoms. The van der Waals surface area contributed by atoms with Crippen molar-refractivity contribution in [2.24, 2.45) is 7.05 Å². The summed E-state index contributed by atoms with van der Waals surface area (Å²) in [7, 11) is 1.62. The van der Waals surface area contributed by atoms with Crippen LogP contribution in [0.15, 0.2) is 24.3 Å². The lowest BCUT2D eigenvalue weighted by molar-refractivity contribution is -0.139. The summed E-state index contributed by atoms with van der Waals surface area (Å²) in [6.07, 6.45) is -4.17. The van der Waals surface area contributed by atoms with E-state index in [-0.39, 0.29) is 59.7 Å². The average Bonchev–Trinajstić information content (AvgIpc) is 3.16. The molecule has 4 rings (SSSR count). The number of fused-ring (bicyclic) bond motifs is 1. The maximum Gasteiger partial charge on any atom is 0.419 e. The lowest BCUT2D eigenvalue weighted by atomic mass is 10.1. The van der Waals surface area contributed by atoms with Gasteiger partial charge in [0.05, 0.1) is 29.9 Å². The summed E-state index contributed by atoms with van der Waals surface area (Å²) in [5, 5.41) is 19.8. The van der Waals surface area contributed by atoms with Gasteiger partial charge in [0.15, 0.2) is 5.69 Å². The first kappa shape index (κ1) is 25.2. The zero-order valence-corrected chi connectivity index (χ0v) is 18.9. The number of rotatable bonds is 6. The second-order valence-corrected chi connectivity index (χ2v) is 7.59. The van der Waals surface area contributed by atoms with Crippen LogP contribution in [0, 0.1) is 11.3 Å². The Kier molecular flexibility index (Phi) is 7.58. The van der Waals surface area contributed by atoms with E-state index in [4.69, 9.17) is 4.74 Å². The molecular weight excluding hydrogens is 475 g/mol. The molecule has 0 atom stereocenters. The van der Waals surface area contributed by atoms with Gasteiger partial charge in [0.1, 0.15) is 17.3 Å². The molecule has 0 spiro atoms. The minimum atomic E-state index is -4.65. The number of ether oxygens (including phenoxy) is 1. The van der Waals surface area contributed by atoms with Crippen molar-refractivity contribution in [3.05, 3.63) is 35.5 Å². The minimum Gasteiger partial charge on any atom is -0.493 e. The van der Waals surface area contributed by atoms with E-state index >= 15 is 0 Å². The van der Waals surface area contributed by atoms with Gasteiger partial charge in [-0.2, -0.15) is 18.4 Å². The summed E-state index contributed by atoms with van der Waals surface area (Å²) in [5.74, 6) is -0.350. The topological polar surface area (TPSA) is 109 Å². The normalized spacial score (nSPS) is 14.4. The zero-order chi connectivity index (χ0) is 23.6. The predicted molar refractivity (Wildman–Crippen MR) is 118 cm³/mol. The number of nitrogens with one attached hydrogen (secondary N) is 1. The van der Waals surface area contributed by atoms with Crippen LogP contribution >= 0.6 is 12.4 Å². The fraction of sp³-hybridized carbons (Fsp3) is 0.381. The van der Waals surface area contributed by atoms with Gasteiger partial charge in [-0.15, -0.1) is 17.5 Å². The second-order valence-electron chi connectivity index (χ2n) is 7.59. The van der Waals surface area contributed by atoms with Crippen molar-refractivity contribution >= 4 is 29.3 Å². The number of hydrogen-bond acceptors (Lipinski definition) is 7. The monoisotopic (exact) mass is 495 g/mol. The predicted octanol–water partition coefficient (Wildman–Crippen LogP) is 2.54. The van der Waals surface area contributed by atoms with E-state index in [2.05, 4.69) is 20.6 Å². The number of benzene rings is 1. The number of halogens is 4. The van der Waals surface area contributed by atoms with Gasteiger partial charge >= 0.3 is 6.18 Å². The van der Waals surface area contributed by atoms with Crippen LogP contribution in [0.2, 0.25) is 0 Å². The van der Waals surface area contributed by atoms with Crippen LogP contribution in [0.3, 0.4) is 0 Å². The third-order valence-corrected chi connectivity index (χ3v) is 5.28. The molecule has 0 unspecified atom stereocenters. The Balaban J connectivity index is 0.00000324. The molecule has 13 heteroatoms. The number of pyridine rings is 1. The Morgan fingerprint density at radius 1 is 1.29 bits per heavy atom. The highest BCUT2D eigenvalue weighted by Gasteiger charge is 2.35. The van der Waals surface area contributed by atoms with E-state index in [1.54, 1.807) is 13.1 Å². The van der Waals surface area contributed by atoms with Gasteiger partial charge in [0.25, 0.3) is 0 Å². The lowest BCUT2D eigenvalue weighted by Crippen LogP contribution is -2.47. The molecule has 1 aromatic carbocycles. The number of amides is 1. The number of aryl methyl sites for hydroxylation is 1.